The molecule has 0 saturated heterocycles. The number of aromatic nitrogens is 3. The smallest absolute Gasteiger partial charge is 0.279 e. The molecule has 4 aliphatic heterocycles. The van der Waals surface area contributed by atoms with Crippen LogP contribution in [0.1, 0.15) is 0 Å². The zero-order valence-electron chi connectivity index (χ0n) is 28.9. The fourth-order valence-corrected chi connectivity index (χ4v) is 10.6. The van der Waals surface area contributed by atoms with Crippen molar-refractivity contribution in [2.45, 2.75) is 0 Å². The van der Waals surface area contributed by atoms with Crippen LogP contribution in [0.25, 0.3) is 55.0 Å². The van der Waals surface area contributed by atoms with Crippen molar-refractivity contribution in [3.63, 3.8) is 0 Å². The van der Waals surface area contributed by atoms with Gasteiger partial charge in [0, 0.05) is 55.3 Å². The number of anilines is 3. The Morgan fingerprint density at radius 1 is 0.444 bits per heavy atom. The topological polar surface area (TPSA) is 35.2 Å². The average molecular weight is 684 g/mol. The summed E-state index contributed by atoms with van der Waals surface area (Å²) in [6.07, 6.45) is 0. The van der Waals surface area contributed by atoms with E-state index in [9.17, 15) is 0 Å². The van der Waals surface area contributed by atoms with E-state index >= 15 is 0 Å². The Morgan fingerprint density at radius 3 is 1.74 bits per heavy atom. The van der Waals surface area contributed by atoms with Crippen molar-refractivity contribution in [1.82, 2.24) is 14.1 Å². The van der Waals surface area contributed by atoms with Gasteiger partial charge in [-0.15, -0.1) is 0 Å². The molecule has 0 spiro atoms. The predicted octanol–water partition coefficient (Wildman–Crippen LogP) is 6.82. The third-order valence-corrected chi connectivity index (χ3v) is 12.5. The highest BCUT2D eigenvalue weighted by Gasteiger charge is 2.47. The molecule has 10 aromatic rings. The summed E-state index contributed by atoms with van der Waals surface area (Å²) in [4.78, 5) is 8.24. The van der Waals surface area contributed by atoms with Crippen LogP contribution in [0.3, 0.4) is 0 Å². The highest BCUT2D eigenvalue weighted by Crippen LogP contribution is 2.42. The number of hydrogen-bond acceptors (Lipinski definition) is 3. The van der Waals surface area contributed by atoms with Crippen molar-refractivity contribution >= 4 is 107 Å². The zero-order valence-corrected chi connectivity index (χ0v) is 28.9. The number of ether oxygens (including phenoxy) is 1. The van der Waals surface area contributed by atoms with Crippen LogP contribution in [0.4, 0.5) is 17.2 Å². The van der Waals surface area contributed by atoms with Gasteiger partial charge in [0.1, 0.15) is 17.3 Å². The van der Waals surface area contributed by atoms with Crippen molar-refractivity contribution in [2.75, 3.05) is 4.90 Å². The van der Waals surface area contributed by atoms with E-state index < -0.39 is 0 Å². The van der Waals surface area contributed by atoms with E-state index in [1.807, 2.05) is 0 Å². The molecule has 7 aromatic carbocycles. The average Bonchev–Trinajstić information content (AvgIpc) is 3.75. The first kappa shape index (κ1) is 27.6. The highest BCUT2D eigenvalue weighted by molar-refractivity contribution is 7.01. The lowest BCUT2D eigenvalue weighted by molar-refractivity contribution is 0.486. The minimum absolute atomic E-state index is 0.0295. The number of hydrogen-bond donors (Lipinski definition) is 0. The van der Waals surface area contributed by atoms with Crippen LogP contribution in [-0.2, 0) is 0 Å². The van der Waals surface area contributed by atoms with Gasteiger partial charge in [-0.05, 0) is 81.9 Å². The molecule has 246 valence electrons. The molecule has 0 atom stereocenters. The lowest BCUT2D eigenvalue weighted by atomic mass is 9.33. The predicted molar refractivity (Wildman–Crippen MR) is 223 cm³/mol. The number of para-hydroxylation sites is 5. The highest BCUT2D eigenvalue weighted by atomic mass is 16.5. The third-order valence-electron chi connectivity index (χ3n) is 12.5. The van der Waals surface area contributed by atoms with Gasteiger partial charge in [-0.3, -0.25) is 4.90 Å². The Labute approximate surface area is 310 Å². The molecule has 0 aliphatic carbocycles. The van der Waals surface area contributed by atoms with Crippen LogP contribution in [0.5, 0.6) is 11.5 Å². The molecule has 4 aliphatic rings. The quantitative estimate of drug-likeness (QED) is 0.178. The standard InChI is InChI=1S/C47H26B2N4O/c1-2-12-27(13-3-1)51-37-22-10-23-38-42(37)48(32-18-8-16-30-28-14-4-6-20-35(28)52(38)44(30)32)34-26-41-46(50-47(34)51)49-33-19-9-17-31-29-15-5-7-21-36(29)53(45(31)33)39-24-11-25-40(54-41)43(39)49/h1-26H. The van der Waals surface area contributed by atoms with Gasteiger partial charge in [-0.1, -0.05) is 103 Å². The molecule has 3 aromatic heterocycles. The van der Waals surface area contributed by atoms with Gasteiger partial charge in [0.15, 0.2) is 0 Å². The summed E-state index contributed by atoms with van der Waals surface area (Å²) in [5.74, 6) is 2.69. The van der Waals surface area contributed by atoms with Crippen molar-refractivity contribution in [3.05, 3.63) is 158 Å². The number of pyridine rings is 1. The lowest BCUT2D eigenvalue weighted by Gasteiger charge is -2.41. The second-order valence-electron chi connectivity index (χ2n) is 15.0. The number of nitrogens with zero attached hydrogens (tertiary/aromatic N) is 4. The van der Waals surface area contributed by atoms with E-state index in [4.69, 9.17) is 9.72 Å². The second kappa shape index (κ2) is 9.51. The minimum atomic E-state index is -0.0894. The SMILES string of the molecule is c1ccc(N2c3cccc4c3B(c3cc5c(nc32)B2c3c(cccc3-n3c6ccccc6c6cccc2c63)O5)c2cccc3c5ccccc5n-4c23)cc1. The van der Waals surface area contributed by atoms with E-state index in [0.29, 0.717) is 0 Å². The molecule has 0 N–H and O–H groups in total. The first-order valence-electron chi connectivity index (χ1n) is 18.7. The largest absolute Gasteiger partial charge is 0.457 e. The fourth-order valence-electron chi connectivity index (χ4n) is 10.6. The van der Waals surface area contributed by atoms with Gasteiger partial charge in [0.2, 0.25) is 0 Å². The molecule has 14 rings (SSSR count). The maximum absolute atomic E-state index is 7.05. The van der Waals surface area contributed by atoms with Crippen molar-refractivity contribution < 1.29 is 4.74 Å². The van der Waals surface area contributed by atoms with E-state index in [1.165, 1.54) is 71.2 Å². The zero-order chi connectivity index (χ0) is 34.8. The van der Waals surface area contributed by atoms with Gasteiger partial charge in [0.05, 0.1) is 16.6 Å². The monoisotopic (exact) mass is 684 g/mol. The molecule has 54 heavy (non-hydrogen) atoms. The molecule has 0 unspecified atom stereocenters. The van der Waals surface area contributed by atoms with Gasteiger partial charge in [-0.2, -0.15) is 0 Å². The molecular weight excluding hydrogens is 658 g/mol. The van der Waals surface area contributed by atoms with Crippen molar-refractivity contribution in [2.24, 2.45) is 0 Å². The van der Waals surface area contributed by atoms with Gasteiger partial charge >= 0.3 is 0 Å². The van der Waals surface area contributed by atoms with Crippen LogP contribution >= 0.6 is 0 Å². The maximum atomic E-state index is 7.05. The van der Waals surface area contributed by atoms with Crippen LogP contribution in [0.2, 0.25) is 0 Å². The van der Waals surface area contributed by atoms with Crippen LogP contribution < -0.4 is 42.5 Å². The molecule has 0 fully saturated rings. The minimum Gasteiger partial charge on any atom is -0.457 e. The lowest BCUT2D eigenvalue weighted by Crippen LogP contribution is -2.63. The Balaban J connectivity index is 1.11. The summed E-state index contributed by atoms with van der Waals surface area (Å²) in [7, 11) is 0. The second-order valence-corrected chi connectivity index (χ2v) is 15.0. The van der Waals surface area contributed by atoms with Crippen molar-refractivity contribution in [3.8, 4) is 22.9 Å². The molecule has 7 heteroatoms. The first-order chi connectivity index (χ1) is 26.8. The Hall–Kier alpha value is -6.98. The van der Waals surface area contributed by atoms with Crippen molar-refractivity contribution in [1.29, 1.82) is 0 Å². The number of fused-ring (bicyclic) bond motifs is 14. The van der Waals surface area contributed by atoms with E-state index in [-0.39, 0.29) is 13.4 Å². The summed E-state index contributed by atoms with van der Waals surface area (Å²) >= 11 is 0. The Kier molecular flexibility index (Phi) is 4.87. The van der Waals surface area contributed by atoms with Crippen LogP contribution in [-0.4, -0.2) is 27.5 Å². The Morgan fingerprint density at radius 2 is 1.02 bits per heavy atom. The summed E-state index contributed by atoms with van der Waals surface area (Å²) in [6.45, 7) is -0.119. The first-order valence-corrected chi connectivity index (χ1v) is 18.7. The molecule has 5 nitrogen and oxygen atoms in total. The summed E-state index contributed by atoms with van der Waals surface area (Å²) in [5, 5.41) is 5.08. The van der Waals surface area contributed by atoms with Crippen LogP contribution in [0.15, 0.2) is 158 Å². The summed E-state index contributed by atoms with van der Waals surface area (Å²) in [6, 6.07) is 57.6. The molecule has 7 heterocycles. The molecule has 0 radical (unpaired) electrons. The third kappa shape index (κ3) is 3.13. The maximum Gasteiger partial charge on any atom is 0.279 e. The summed E-state index contributed by atoms with van der Waals surface area (Å²) in [5.41, 5.74) is 16.7. The fraction of sp³-hybridized carbons (Fsp3) is 0. The van der Waals surface area contributed by atoms with E-state index in [0.717, 1.165) is 45.4 Å². The summed E-state index contributed by atoms with van der Waals surface area (Å²) < 4.78 is 12.0. The molecule has 0 bridgehead atoms. The molecular formula is C47H26B2N4O. The molecule has 0 amide bonds. The normalized spacial score (nSPS) is 14.0. The van der Waals surface area contributed by atoms with E-state index in [1.54, 1.807) is 0 Å². The Bertz CT molecular complexity index is 3350. The van der Waals surface area contributed by atoms with Crippen LogP contribution in [0, 0.1) is 0 Å². The van der Waals surface area contributed by atoms with Gasteiger partial charge < -0.3 is 13.9 Å². The number of benzene rings is 7. The molecule has 0 saturated carbocycles. The number of rotatable bonds is 1. The van der Waals surface area contributed by atoms with Gasteiger partial charge in [0.25, 0.3) is 13.4 Å². The van der Waals surface area contributed by atoms with E-state index in [2.05, 4.69) is 172 Å². The van der Waals surface area contributed by atoms with Gasteiger partial charge in [-0.25, -0.2) is 4.98 Å².